The van der Waals surface area contributed by atoms with E-state index < -0.39 is 33.9 Å². The second kappa shape index (κ2) is 6.71. The molecule has 0 saturated carbocycles. The molecule has 8 nitrogen and oxygen atoms in total. The molecule has 0 aliphatic carbocycles. The van der Waals surface area contributed by atoms with Crippen LogP contribution in [0.25, 0.3) is 0 Å². The van der Waals surface area contributed by atoms with Crippen molar-refractivity contribution in [3.63, 3.8) is 0 Å². The SMILES string of the molecule is CCC(CC)(NS(=O)(=O)NC(=O)OC(C)C)C(=O)O. The molecular weight excluding hydrogens is 276 g/mol. The monoisotopic (exact) mass is 296 g/mol. The quantitative estimate of drug-likeness (QED) is 0.632. The van der Waals surface area contributed by atoms with Gasteiger partial charge in [-0.25, -0.2) is 9.52 Å². The van der Waals surface area contributed by atoms with Crippen LogP contribution in [-0.2, 0) is 19.7 Å². The van der Waals surface area contributed by atoms with Gasteiger partial charge >= 0.3 is 22.3 Å². The van der Waals surface area contributed by atoms with Gasteiger partial charge in [0.2, 0.25) is 0 Å². The van der Waals surface area contributed by atoms with Gasteiger partial charge in [0.1, 0.15) is 5.54 Å². The summed E-state index contributed by atoms with van der Waals surface area (Å²) in [7, 11) is -4.31. The Morgan fingerprint density at radius 1 is 1.26 bits per heavy atom. The van der Waals surface area contributed by atoms with Gasteiger partial charge in [0.05, 0.1) is 6.10 Å². The number of amides is 1. The molecule has 19 heavy (non-hydrogen) atoms. The van der Waals surface area contributed by atoms with Crippen molar-refractivity contribution >= 4 is 22.3 Å². The van der Waals surface area contributed by atoms with Crippen molar-refractivity contribution in [2.24, 2.45) is 0 Å². The smallest absolute Gasteiger partial charge is 0.422 e. The standard InChI is InChI=1S/C10H20N2O6S/c1-5-10(6-2,8(13)14)12-19(16,17)11-9(15)18-7(3)4/h7,12H,5-6H2,1-4H3,(H,11,15)(H,13,14). The first-order chi connectivity index (χ1) is 8.58. The summed E-state index contributed by atoms with van der Waals surface area (Å²) in [5, 5.41) is 9.10. The van der Waals surface area contributed by atoms with Crippen LogP contribution in [0.3, 0.4) is 0 Å². The third kappa shape index (κ3) is 5.43. The van der Waals surface area contributed by atoms with E-state index in [4.69, 9.17) is 5.11 Å². The van der Waals surface area contributed by atoms with E-state index in [-0.39, 0.29) is 12.8 Å². The minimum Gasteiger partial charge on any atom is -0.480 e. The number of nitrogens with one attached hydrogen (secondary N) is 2. The summed E-state index contributed by atoms with van der Waals surface area (Å²) < 4.78 is 31.5. The van der Waals surface area contributed by atoms with Gasteiger partial charge in [0.25, 0.3) is 0 Å². The van der Waals surface area contributed by atoms with Gasteiger partial charge in [-0.2, -0.15) is 13.1 Å². The third-order valence-corrected chi connectivity index (χ3v) is 3.60. The fourth-order valence-corrected chi connectivity index (χ4v) is 2.58. The van der Waals surface area contributed by atoms with Gasteiger partial charge < -0.3 is 9.84 Å². The zero-order chi connectivity index (χ0) is 15.3. The first-order valence-corrected chi connectivity index (χ1v) is 7.32. The van der Waals surface area contributed by atoms with Crippen LogP contribution in [0.5, 0.6) is 0 Å². The number of hydrogen-bond acceptors (Lipinski definition) is 5. The lowest BCUT2D eigenvalue weighted by atomic mass is 9.95. The Kier molecular flexibility index (Phi) is 6.23. The van der Waals surface area contributed by atoms with Crippen LogP contribution >= 0.6 is 0 Å². The fourth-order valence-electron chi connectivity index (χ4n) is 1.37. The molecule has 0 bridgehead atoms. The van der Waals surface area contributed by atoms with E-state index in [1.54, 1.807) is 18.6 Å². The number of hydrogen-bond donors (Lipinski definition) is 3. The average Bonchev–Trinajstić information content (AvgIpc) is 2.23. The molecule has 0 rings (SSSR count). The Hall–Kier alpha value is -1.35. The zero-order valence-corrected chi connectivity index (χ0v) is 12.2. The molecule has 0 aromatic carbocycles. The number of carboxylic acid groups (broad SMARTS) is 1. The summed E-state index contributed by atoms with van der Waals surface area (Å²) in [6.45, 7) is 6.18. The fraction of sp³-hybridized carbons (Fsp3) is 0.800. The molecule has 0 aromatic rings. The van der Waals surface area contributed by atoms with Crippen LogP contribution in [0.15, 0.2) is 0 Å². The van der Waals surface area contributed by atoms with E-state index in [9.17, 15) is 18.0 Å². The summed E-state index contributed by atoms with van der Waals surface area (Å²) in [4.78, 5) is 22.4. The maximum absolute atomic E-state index is 11.7. The van der Waals surface area contributed by atoms with Crippen molar-refractivity contribution in [2.45, 2.75) is 52.2 Å². The van der Waals surface area contributed by atoms with Gasteiger partial charge in [-0.15, -0.1) is 0 Å². The highest BCUT2D eigenvalue weighted by Gasteiger charge is 2.39. The lowest BCUT2D eigenvalue weighted by molar-refractivity contribution is -0.144. The molecular formula is C10H20N2O6S. The van der Waals surface area contributed by atoms with Gasteiger partial charge in [0, 0.05) is 0 Å². The highest BCUT2D eigenvalue weighted by atomic mass is 32.2. The number of carboxylic acids is 1. The highest BCUT2D eigenvalue weighted by Crippen LogP contribution is 2.16. The Labute approximate surface area is 112 Å². The molecule has 9 heteroatoms. The Balaban J connectivity index is 4.94. The predicted molar refractivity (Wildman–Crippen MR) is 67.8 cm³/mol. The van der Waals surface area contributed by atoms with Crippen LogP contribution in [0.4, 0.5) is 4.79 Å². The summed E-state index contributed by atoms with van der Waals surface area (Å²) in [5.41, 5.74) is -1.65. The summed E-state index contributed by atoms with van der Waals surface area (Å²) in [5.74, 6) is -1.31. The van der Waals surface area contributed by atoms with Crippen LogP contribution in [-0.4, -0.2) is 37.2 Å². The van der Waals surface area contributed by atoms with Gasteiger partial charge in [0.15, 0.2) is 0 Å². The van der Waals surface area contributed by atoms with Crippen molar-refractivity contribution in [3.05, 3.63) is 0 Å². The minimum absolute atomic E-state index is 0.0406. The van der Waals surface area contributed by atoms with E-state index >= 15 is 0 Å². The largest absolute Gasteiger partial charge is 0.480 e. The molecule has 0 fully saturated rings. The molecule has 0 aliphatic heterocycles. The van der Waals surface area contributed by atoms with Crippen molar-refractivity contribution in [2.75, 3.05) is 0 Å². The Morgan fingerprint density at radius 3 is 2.05 bits per heavy atom. The second-order valence-corrected chi connectivity index (χ2v) is 5.67. The number of carbonyl (C=O) groups excluding carboxylic acids is 1. The molecule has 0 atom stereocenters. The van der Waals surface area contributed by atoms with Crippen LogP contribution < -0.4 is 9.44 Å². The number of ether oxygens (including phenoxy) is 1. The molecule has 0 radical (unpaired) electrons. The molecule has 0 unspecified atom stereocenters. The molecule has 0 heterocycles. The van der Waals surface area contributed by atoms with Crippen molar-refractivity contribution < 1.29 is 27.9 Å². The Morgan fingerprint density at radius 2 is 1.74 bits per heavy atom. The molecule has 0 spiro atoms. The van der Waals surface area contributed by atoms with Gasteiger partial charge in [-0.05, 0) is 26.7 Å². The first-order valence-electron chi connectivity index (χ1n) is 5.84. The van der Waals surface area contributed by atoms with E-state index in [0.29, 0.717) is 0 Å². The predicted octanol–water partition coefficient (Wildman–Crippen LogP) is 0.599. The van der Waals surface area contributed by atoms with E-state index in [1.165, 1.54) is 13.8 Å². The van der Waals surface area contributed by atoms with E-state index in [2.05, 4.69) is 4.74 Å². The maximum atomic E-state index is 11.7. The van der Waals surface area contributed by atoms with Crippen LogP contribution in [0, 0.1) is 0 Å². The molecule has 3 N–H and O–H groups in total. The average molecular weight is 296 g/mol. The highest BCUT2D eigenvalue weighted by molar-refractivity contribution is 7.88. The summed E-state index contributed by atoms with van der Waals surface area (Å²) >= 11 is 0. The van der Waals surface area contributed by atoms with Gasteiger partial charge in [-0.1, -0.05) is 13.8 Å². The maximum Gasteiger partial charge on any atom is 0.422 e. The van der Waals surface area contributed by atoms with E-state index in [1.807, 2.05) is 4.72 Å². The lowest BCUT2D eigenvalue weighted by Gasteiger charge is -2.27. The second-order valence-electron chi connectivity index (χ2n) is 4.26. The van der Waals surface area contributed by atoms with Crippen LogP contribution in [0.1, 0.15) is 40.5 Å². The summed E-state index contributed by atoms with van der Waals surface area (Å²) in [6, 6.07) is 0. The van der Waals surface area contributed by atoms with Gasteiger partial charge in [-0.3, -0.25) is 4.79 Å². The van der Waals surface area contributed by atoms with E-state index in [0.717, 1.165) is 0 Å². The lowest BCUT2D eigenvalue weighted by Crippen LogP contribution is -2.57. The molecule has 0 saturated heterocycles. The van der Waals surface area contributed by atoms with Crippen LogP contribution in [0.2, 0.25) is 0 Å². The third-order valence-electron chi connectivity index (χ3n) is 2.51. The van der Waals surface area contributed by atoms with Crippen molar-refractivity contribution in [1.82, 2.24) is 9.44 Å². The van der Waals surface area contributed by atoms with Crippen molar-refractivity contribution in [1.29, 1.82) is 0 Å². The molecule has 0 aromatic heterocycles. The minimum atomic E-state index is -4.31. The molecule has 0 aliphatic rings. The number of aliphatic carboxylic acids is 1. The number of rotatable bonds is 7. The molecule has 112 valence electrons. The first kappa shape index (κ1) is 17.6. The number of carbonyl (C=O) groups is 2. The zero-order valence-electron chi connectivity index (χ0n) is 11.4. The Bertz CT molecular complexity index is 427. The molecule has 1 amide bonds. The van der Waals surface area contributed by atoms with Crippen molar-refractivity contribution in [3.8, 4) is 0 Å². The summed E-state index contributed by atoms with van der Waals surface area (Å²) in [6.07, 6.45) is -1.57. The normalized spacial score (nSPS) is 12.3. The topological polar surface area (TPSA) is 122 Å².